The van der Waals surface area contributed by atoms with Gasteiger partial charge in [0.1, 0.15) is 0 Å². The summed E-state index contributed by atoms with van der Waals surface area (Å²) in [5, 5.41) is -7.51. The zero-order valence-electron chi connectivity index (χ0n) is 15.0. The molecule has 0 unspecified atom stereocenters. The van der Waals surface area contributed by atoms with Crippen LogP contribution in [0.3, 0.4) is 0 Å². The summed E-state index contributed by atoms with van der Waals surface area (Å²) in [7, 11) is -7.71. The fourth-order valence-electron chi connectivity index (χ4n) is 1.58. The van der Waals surface area contributed by atoms with E-state index in [0.717, 1.165) is 4.74 Å². The van der Waals surface area contributed by atoms with E-state index in [1.165, 1.54) is 0 Å². The lowest BCUT2D eigenvalue weighted by atomic mass is 9.91. The third-order valence-electron chi connectivity index (χ3n) is 3.61. The van der Waals surface area contributed by atoms with Gasteiger partial charge < -0.3 is 0 Å². The molecule has 0 bridgehead atoms. The van der Waals surface area contributed by atoms with Crippen LogP contribution in [0, 0.1) is 0 Å². The second-order valence-corrected chi connectivity index (χ2v) is 8.89. The van der Waals surface area contributed by atoms with E-state index in [1.54, 1.807) is 0 Å². The van der Waals surface area contributed by atoms with Crippen LogP contribution in [0.25, 0.3) is 0 Å². The van der Waals surface area contributed by atoms with Crippen molar-refractivity contribution in [3.05, 3.63) is 0 Å². The summed E-state index contributed by atoms with van der Waals surface area (Å²) < 4.78 is 284. The molecule has 0 heterocycles. The molecule has 0 aliphatic heterocycles. The standard InChI is InChI=1S/C10HF20IO4S/c11-1(12,3(15,16)5(19,20)7(23,24)31)2(13,14)4(17,18)6(21,22)8(25,26)35-9(27,28)10(29,30)36(32,33)34/h(H,32,33,34). The van der Waals surface area contributed by atoms with Crippen LogP contribution in [0.1, 0.15) is 0 Å². The van der Waals surface area contributed by atoms with Gasteiger partial charge in [0.25, 0.3) is 0 Å². The van der Waals surface area contributed by atoms with Crippen molar-refractivity contribution in [2.24, 2.45) is 0 Å². The van der Waals surface area contributed by atoms with Crippen LogP contribution in [0.15, 0.2) is 0 Å². The van der Waals surface area contributed by atoms with E-state index in [4.69, 9.17) is 4.55 Å². The van der Waals surface area contributed by atoms with Crippen molar-refractivity contribution in [2.75, 3.05) is 0 Å². The van der Waals surface area contributed by atoms with Gasteiger partial charge in [0.15, 0.2) is 0 Å². The second kappa shape index (κ2) is 8.60. The van der Waals surface area contributed by atoms with Crippen LogP contribution in [0.5, 0.6) is 0 Å². The summed E-state index contributed by atoms with van der Waals surface area (Å²) in [6.07, 6.45) is -16.3. The van der Waals surface area contributed by atoms with E-state index in [2.05, 4.69) is 0 Å². The Morgan fingerprint density at radius 2 is 0.722 bits per heavy atom. The molecule has 0 aromatic carbocycles. The van der Waals surface area contributed by atoms with Gasteiger partial charge in [-0.3, -0.25) is 4.55 Å². The number of hydrogen-bond acceptors (Lipinski definition) is 3. The minimum absolute atomic E-state index is 1.06. The zero-order valence-corrected chi connectivity index (χ0v) is 18.0. The van der Waals surface area contributed by atoms with Crippen LogP contribution >= 0.6 is 22.6 Å². The average Bonchev–Trinajstić information content (AvgIpc) is 2.57. The smallest absolute Gasteiger partial charge is 0.281 e. The summed E-state index contributed by atoms with van der Waals surface area (Å²) >= 11 is -1.15. The molecule has 1 N–H and O–H groups in total. The Kier molecular flexibility index (Phi) is 8.41. The number of halogens is 21. The first kappa shape index (κ1) is 35.2. The van der Waals surface area contributed by atoms with Crippen LogP contribution in [-0.4, -0.2) is 69.9 Å². The molecule has 0 atom stereocenters. The predicted octanol–water partition coefficient (Wildman–Crippen LogP) is 6.51. The molecule has 4 nitrogen and oxygen atoms in total. The van der Waals surface area contributed by atoms with Gasteiger partial charge in [0, 0.05) is 22.6 Å². The number of hydrogen-bond donors (Lipinski definition) is 1. The van der Waals surface area contributed by atoms with Crippen LogP contribution in [-0.2, 0) is 14.9 Å². The predicted molar refractivity (Wildman–Crippen MR) is 76.1 cm³/mol. The Hall–Kier alpha value is -0.800. The van der Waals surface area contributed by atoms with Gasteiger partial charge in [-0.25, -0.2) is 4.74 Å². The molecule has 0 spiro atoms. The average molecular weight is 724 g/mol. The maximum Gasteiger partial charge on any atom is 0.460 e. The zero-order chi connectivity index (χ0) is 30.2. The van der Waals surface area contributed by atoms with Crippen molar-refractivity contribution in [1.82, 2.24) is 0 Å². The van der Waals surface area contributed by atoms with Crippen molar-refractivity contribution >= 4 is 32.7 Å². The topological polar surface area (TPSA) is 63.6 Å². The molecule has 0 saturated carbocycles. The molecule has 0 aliphatic rings. The Morgan fingerprint density at radius 3 is 0.972 bits per heavy atom. The minimum Gasteiger partial charge on any atom is -0.281 e. The highest BCUT2D eigenvalue weighted by Crippen LogP contribution is 2.65. The summed E-state index contributed by atoms with van der Waals surface area (Å²) in [6, 6.07) is 0. The largest absolute Gasteiger partial charge is 0.460 e. The van der Waals surface area contributed by atoms with Gasteiger partial charge in [-0.15, -0.1) is 0 Å². The highest BCUT2D eigenvalue weighted by atomic mass is 127. The monoisotopic (exact) mass is 724 g/mol. The summed E-state index contributed by atoms with van der Waals surface area (Å²) in [4.78, 5) is 0. The first-order chi connectivity index (χ1) is 15.0. The molecule has 26 heteroatoms. The SMILES string of the molecule is O=S(=O)(O)C(F)(F)C(F)(F)OC(F)(F)C(F)(F)C(F)(F)C(F)(F)C(F)(F)C(F)(F)C(F)(F)C(F)(F)I. The molecule has 0 aromatic rings. The Balaban J connectivity index is 6.91. The van der Waals surface area contributed by atoms with Crippen molar-refractivity contribution in [2.45, 2.75) is 56.9 Å². The molecule has 0 fully saturated rings. The van der Waals surface area contributed by atoms with E-state index in [9.17, 15) is 96.2 Å². The Bertz CT molecular complexity index is 937. The van der Waals surface area contributed by atoms with E-state index in [-0.39, 0.29) is 0 Å². The quantitative estimate of drug-likeness (QED) is 0.114. The molecule has 0 saturated heterocycles. The second-order valence-electron chi connectivity index (χ2n) is 6.07. The van der Waals surface area contributed by atoms with Crippen molar-refractivity contribution < 1.29 is 106 Å². The van der Waals surface area contributed by atoms with E-state index in [0.29, 0.717) is 0 Å². The van der Waals surface area contributed by atoms with Gasteiger partial charge in [0.2, 0.25) is 0 Å². The van der Waals surface area contributed by atoms with E-state index >= 15 is 0 Å². The van der Waals surface area contributed by atoms with Gasteiger partial charge in [-0.1, -0.05) is 0 Å². The molecule has 0 rings (SSSR count). The van der Waals surface area contributed by atoms with Crippen LogP contribution in [0.4, 0.5) is 87.8 Å². The van der Waals surface area contributed by atoms with Crippen molar-refractivity contribution in [3.63, 3.8) is 0 Å². The molecule has 218 valence electrons. The summed E-state index contributed by atoms with van der Waals surface area (Å²) in [5.41, 5.74) is 0. The highest BCUT2D eigenvalue weighted by Gasteiger charge is 2.95. The van der Waals surface area contributed by atoms with Gasteiger partial charge in [-0.2, -0.15) is 96.2 Å². The van der Waals surface area contributed by atoms with Crippen molar-refractivity contribution in [1.29, 1.82) is 0 Å². The van der Waals surface area contributed by atoms with E-state index in [1.807, 2.05) is 0 Å². The lowest BCUT2D eigenvalue weighted by Crippen LogP contribution is -2.75. The van der Waals surface area contributed by atoms with Gasteiger partial charge >= 0.3 is 67.1 Å². The number of ether oxygens (including phenoxy) is 1. The molecule has 0 aliphatic carbocycles. The van der Waals surface area contributed by atoms with E-state index < -0.39 is 89.6 Å². The molecule has 0 amide bonds. The third-order valence-corrected chi connectivity index (χ3v) is 5.18. The lowest BCUT2D eigenvalue weighted by Gasteiger charge is -2.43. The van der Waals surface area contributed by atoms with Crippen molar-refractivity contribution in [3.8, 4) is 0 Å². The molecular weight excluding hydrogens is 723 g/mol. The maximum absolute atomic E-state index is 13.4. The third kappa shape index (κ3) is 4.63. The number of alkyl halides is 21. The Morgan fingerprint density at radius 1 is 0.472 bits per heavy atom. The Labute approximate surface area is 195 Å². The number of rotatable bonds is 11. The van der Waals surface area contributed by atoms with Gasteiger partial charge in [0.05, 0.1) is 0 Å². The lowest BCUT2D eigenvalue weighted by molar-refractivity contribution is -0.503. The molecule has 36 heavy (non-hydrogen) atoms. The highest BCUT2D eigenvalue weighted by molar-refractivity contribution is 14.1. The summed E-state index contributed by atoms with van der Waals surface area (Å²) in [6.45, 7) is 0. The normalized spacial score (nSPS) is 16.9. The molecule has 0 aromatic heterocycles. The van der Waals surface area contributed by atoms with Crippen LogP contribution in [0.2, 0.25) is 0 Å². The first-order valence-corrected chi connectivity index (χ1v) is 9.62. The minimum atomic E-state index is -9.06. The first-order valence-electron chi connectivity index (χ1n) is 7.10. The molecular formula is C10HF20IO4S. The van der Waals surface area contributed by atoms with Gasteiger partial charge in [-0.05, 0) is 0 Å². The summed E-state index contributed by atoms with van der Waals surface area (Å²) in [5.74, 6) is -52.3. The fraction of sp³-hybridized carbons (Fsp3) is 1.00. The molecule has 0 radical (unpaired) electrons. The fourth-order valence-corrected chi connectivity index (χ4v) is 2.26. The maximum atomic E-state index is 13.4. The van der Waals surface area contributed by atoms with Crippen LogP contribution < -0.4 is 0 Å².